The van der Waals surface area contributed by atoms with Gasteiger partial charge in [-0.25, -0.2) is 13.4 Å². The highest BCUT2D eigenvalue weighted by Crippen LogP contribution is 2.44. The Labute approximate surface area is 263 Å². The molecule has 0 spiro atoms. The first kappa shape index (κ1) is 31.7. The number of ether oxygens (including phenoxy) is 3. The summed E-state index contributed by atoms with van der Waals surface area (Å²) in [5.41, 5.74) is 0.468. The number of benzene rings is 4. The average molecular weight is 629 g/mol. The van der Waals surface area contributed by atoms with Crippen LogP contribution in [0.2, 0.25) is 0 Å². The number of nitrogens with zero attached hydrogens (tertiary/aromatic N) is 1. The predicted molar refractivity (Wildman–Crippen MR) is 171 cm³/mol. The van der Waals surface area contributed by atoms with Crippen LogP contribution in [0.3, 0.4) is 0 Å². The van der Waals surface area contributed by atoms with Gasteiger partial charge in [-0.3, -0.25) is 4.79 Å². The minimum Gasteiger partial charge on any atom is -0.497 e. The van der Waals surface area contributed by atoms with Crippen LogP contribution in [0.4, 0.5) is 0 Å². The summed E-state index contributed by atoms with van der Waals surface area (Å²) in [7, 11) is -2.22. The van der Waals surface area contributed by atoms with Crippen molar-refractivity contribution in [1.29, 1.82) is 0 Å². The molecule has 0 unspecified atom stereocenters. The zero-order valence-electron chi connectivity index (χ0n) is 25.0. The number of nitrogens with one attached hydrogen (secondary N) is 1. The smallest absolute Gasteiger partial charge is 0.252 e. The fraction of sp³-hybridized carbons (Fsp3) is 0.257. The van der Waals surface area contributed by atoms with E-state index in [2.05, 4.69) is 5.32 Å². The van der Waals surface area contributed by atoms with Gasteiger partial charge in [0.2, 0.25) is 5.90 Å². The maximum absolute atomic E-state index is 14.3. The van der Waals surface area contributed by atoms with Crippen LogP contribution in [0.1, 0.15) is 35.6 Å². The lowest BCUT2D eigenvalue weighted by Crippen LogP contribution is -2.49. The van der Waals surface area contributed by atoms with Gasteiger partial charge >= 0.3 is 0 Å². The summed E-state index contributed by atoms with van der Waals surface area (Å²) in [4.78, 5) is 19.4. The van der Waals surface area contributed by atoms with Crippen molar-refractivity contribution in [2.24, 2.45) is 4.99 Å². The molecule has 4 aromatic carbocycles. The van der Waals surface area contributed by atoms with E-state index < -0.39 is 27.4 Å². The predicted octanol–water partition coefficient (Wildman–Crippen LogP) is 4.89. The molecule has 1 aliphatic heterocycles. The topological polar surface area (TPSA) is 124 Å². The van der Waals surface area contributed by atoms with Gasteiger partial charge in [-0.1, -0.05) is 60.7 Å². The summed E-state index contributed by atoms with van der Waals surface area (Å²) in [5, 5.41) is 12.1. The van der Waals surface area contributed by atoms with Gasteiger partial charge in [0.05, 0.1) is 24.4 Å². The molecule has 0 aromatic heterocycles. The number of hydrogen-bond acceptors (Lipinski definition) is 8. The zero-order valence-corrected chi connectivity index (χ0v) is 25.8. The van der Waals surface area contributed by atoms with Crippen molar-refractivity contribution in [2.45, 2.75) is 35.9 Å². The van der Waals surface area contributed by atoms with E-state index in [9.17, 15) is 13.2 Å². The van der Waals surface area contributed by atoms with Gasteiger partial charge in [0.15, 0.2) is 21.5 Å². The van der Waals surface area contributed by atoms with Crippen molar-refractivity contribution in [2.75, 3.05) is 26.1 Å². The zero-order chi connectivity index (χ0) is 31.7. The number of sulfone groups is 1. The summed E-state index contributed by atoms with van der Waals surface area (Å²) in [6, 6.07) is 31.9. The van der Waals surface area contributed by atoms with Gasteiger partial charge in [0.25, 0.3) is 5.91 Å². The number of aliphatic hydroxyl groups excluding tert-OH is 1. The number of aliphatic hydroxyl groups is 1. The lowest BCUT2D eigenvalue weighted by atomic mass is 9.85. The molecule has 45 heavy (non-hydrogen) atoms. The average Bonchev–Trinajstić information content (AvgIpc) is 3.49. The second-order valence-electron chi connectivity index (χ2n) is 10.6. The van der Waals surface area contributed by atoms with Crippen LogP contribution in [0, 0.1) is 0 Å². The highest BCUT2D eigenvalue weighted by atomic mass is 32.2. The minimum atomic E-state index is -3.77. The summed E-state index contributed by atoms with van der Waals surface area (Å²) in [6.07, 6.45) is -0.588. The van der Waals surface area contributed by atoms with Crippen LogP contribution in [0.5, 0.6) is 11.5 Å². The quantitative estimate of drug-likeness (QED) is 0.191. The van der Waals surface area contributed by atoms with Crippen LogP contribution in [0.25, 0.3) is 0 Å². The third kappa shape index (κ3) is 7.53. The Morgan fingerprint density at radius 3 is 2.33 bits per heavy atom. The molecule has 2 N–H and O–H groups in total. The molecule has 5 rings (SSSR count). The van der Waals surface area contributed by atoms with Crippen LogP contribution in [-0.2, 0) is 25.9 Å². The van der Waals surface area contributed by atoms with Crippen molar-refractivity contribution >= 4 is 21.6 Å². The molecule has 4 aromatic rings. The Bertz CT molecular complexity index is 1710. The molecule has 0 radical (unpaired) electrons. The van der Waals surface area contributed by atoms with Crippen molar-refractivity contribution in [3.63, 3.8) is 0 Å². The Hall–Kier alpha value is -4.67. The molecule has 234 valence electrons. The van der Waals surface area contributed by atoms with Crippen LogP contribution in [-0.4, -0.2) is 56.9 Å². The Kier molecular flexibility index (Phi) is 10.2. The van der Waals surface area contributed by atoms with Crippen molar-refractivity contribution in [3.8, 4) is 11.5 Å². The molecule has 1 heterocycles. The van der Waals surface area contributed by atoms with E-state index in [0.717, 1.165) is 5.56 Å². The fourth-order valence-corrected chi connectivity index (χ4v) is 6.53. The van der Waals surface area contributed by atoms with Gasteiger partial charge in [-0.15, -0.1) is 0 Å². The lowest BCUT2D eigenvalue weighted by Gasteiger charge is -2.30. The Morgan fingerprint density at radius 1 is 0.933 bits per heavy atom. The Balaban J connectivity index is 1.56. The number of carbonyl (C=O) groups is 1. The maximum Gasteiger partial charge on any atom is 0.252 e. The molecule has 0 saturated carbocycles. The third-order valence-electron chi connectivity index (χ3n) is 7.58. The van der Waals surface area contributed by atoms with Crippen molar-refractivity contribution < 1.29 is 32.5 Å². The molecule has 9 nitrogen and oxygen atoms in total. The van der Waals surface area contributed by atoms with Crippen molar-refractivity contribution in [3.05, 3.63) is 126 Å². The minimum absolute atomic E-state index is 0.0306. The first-order valence-corrected chi connectivity index (χ1v) is 16.3. The summed E-state index contributed by atoms with van der Waals surface area (Å²) in [6.45, 7) is 0.622. The van der Waals surface area contributed by atoms with Gasteiger partial charge in [-0.2, -0.15) is 0 Å². The van der Waals surface area contributed by atoms with E-state index >= 15 is 0 Å². The molecular weight excluding hydrogens is 592 g/mol. The number of rotatable bonds is 14. The van der Waals surface area contributed by atoms with E-state index in [1.54, 1.807) is 79.9 Å². The summed E-state index contributed by atoms with van der Waals surface area (Å²) in [5.74, 6) is 0.576. The van der Waals surface area contributed by atoms with Crippen LogP contribution >= 0.6 is 0 Å². The Morgan fingerprint density at radius 2 is 1.64 bits per heavy atom. The normalized spacial score (nSPS) is 17.6. The molecule has 2 atom stereocenters. The second-order valence-corrected chi connectivity index (χ2v) is 12.7. The molecule has 0 saturated heterocycles. The third-order valence-corrected chi connectivity index (χ3v) is 9.31. The number of amides is 1. The van der Waals surface area contributed by atoms with Gasteiger partial charge in [0, 0.05) is 31.6 Å². The molecule has 1 aliphatic rings. The number of carbonyl (C=O) groups excluding carboxylic acids is 1. The standard InChI is InChI=1S/C35H36N2O7S/c1-42-30-13-8-12-28(24-30)32-35(34(39)36-25-26-10-4-2-5-11-26,20-23-45(40,41)31-14-6-3-7-15-31)37-33(44-32)27-16-18-29(19-17-27)43-22-9-21-38/h2-8,10-19,24,32,38H,9,20-23,25H2,1H3,(H,36,39)/t32-,35-/m1/s1. The summed E-state index contributed by atoms with van der Waals surface area (Å²) >= 11 is 0. The first-order chi connectivity index (χ1) is 21.8. The van der Waals surface area contributed by atoms with E-state index in [1.807, 2.05) is 36.4 Å². The molecule has 10 heteroatoms. The summed E-state index contributed by atoms with van der Waals surface area (Å²) < 4.78 is 44.6. The van der Waals surface area contributed by atoms with E-state index in [4.69, 9.17) is 24.3 Å². The SMILES string of the molecule is COc1cccc([C@H]2OC(c3ccc(OCCCO)cc3)=N[C@@]2(CCS(=O)(=O)c2ccccc2)C(=O)NCc2ccccc2)c1. The molecule has 0 aliphatic carbocycles. The molecular formula is C35H36N2O7S. The highest BCUT2D eigenvalue weighted by Gasteiger charge is 2.53. The van der Waals surface area contributed by atoms with E-state index in [0.29, 0.717) is 35.7 Å². The van der Waals surface area contributed by atoms with E-state index in [1.165, 1.54) is 0 Å². The lowest BCUT2D eigenvalue weighted by molar-refractivity contribution is -0.129. The largest absolute Gasteiger partial charge is 0.497 e. The fourth-order valence-electron chi connectivity index (χ4n) is 5.14. The first-order valence-electron chi connectivity index (χ1n) is 14.7. The molecule has 0 fully saturated rings. The van der Waals surface area contributed by atoms with Gasteiger partial charge in [0.1, 0.15) is 11.5 Å². The van der Waals surface area contributed by atoms with Crippen LogP contribution < -0.4 is 14.8 Å². The second kappa shape index (κ2) is 14.4. The van der Waals surface area contributed by atoms with Crippen molar-refractivity contribution in [1.82, 2.24) is 5.32 Å². The maximum atomic E-state index is 14.3. The monoisotopic (exact) mass is 628 g/mol. The molecule has 1 amide bonds. The highest BCUT2D eigenvalue weighted by molar-refractivity contribution is 7.91. The molecule has 0 bridgehead atoms. The van der Waals surface area contributed by atoms with Gasteiger partial charge < -0.3 is 24.6 Å². The van der Waals surface area contributed by atoms with Crippen LogP contribution in [0.15, 0.2) is 119 Å². The van der Waals surface area contributed by atoms with E-state index in [-0.39, 0.29) is 36.1 Å². The van der Waals surface area contributed by atoms with Gasteiger partial charge in [-0.05, 0) is 59.7 Å². The number of aliphatic imine (C=N–C) groups is 1. The number of hydrogen-bond donors (Lipinski definition) is 2. The number of methoxy groups -OCH3 is 1.